The van der Waals surface area contributed by atoms with Crippen molar-refractivity contribution in [3.8, 4) is 5.75 Å². The van der Waals surface area contributed by atoms with Gasteiger partial charge in [-0.3, -0.25) is 4.98 Å². The molecule has 0 amide bonds. The number of alkyl halides is 2. The van der Waals surface area contributed by atoms with Crippen molar-refractivity contribution in [3.63, 3.8) is 0 Å². The zero-order valence-electron chi connectivity index (χ0n) is 10.2. The molecule has 0 aliphatic heterocycles. The van der Waals surface area contributed by atoms with Crippen LogP contribution in [-0.2, 0) is 6.42 Å². The van der Waals surface area contributed by atoms with E-state index in [-0.39, 0.29) is 5.75 Å². The summed E-state index contributed by atoms with van der Waals surface area (Å²) in [6.07, 6.45) is 2.13. The molecular formula is C14H14F2N2O. The van der Waals surface area contributed by atoms with E-state index >= 15 is 0 Å². The van der Waals surface area contributed by atoms with Gasteiger partial charge in [0.2, 0.25) is 0 Å². The Kier molecular flexibility index (Phi) is 4.41. The fourth-order valence-corrected chi connectivity index (χ4v) is 1.84. The van der Waals surface area contributed by atoms with Crippen LogP contribution in [0.3, 0.4) is 0 Å². The highest BCUT2D eigenvalue weighted by atomic mass is 19.3. The largest absolute Gasteiger partial charge is 0.434 e. The average Bonchev–Trinajstić information content (AvgIpc) is 2.39. The normalized spacial score (nSPS) is 12.4. The van der Waals surface area contributed by atoms with Crippen LogP contribution in [0, 0.1) is 0 Å². The maximum Gasteiger partial charge on any atom is 0.387 e. The van der Waals surface area contributed by atoms with Gasteiger partial charge in [-0.25, -0.2) is 0 Å². The smallest absolute Gasteiger partial charge is 0.387 e. The van der Waals surface area contributed by atoms with E-state index in [9.17, 15) is 8.78 Å². The number of hydrogen-bond donors (Lipinski definition) is 1. The molecule has 1 atom stereocenters. The highest BCUT2D eigenvalue weighted by molar-refractivity contribution is 5.36. The Morgan fingerprint density at radius 1 is 1.11 bits per heavy atom. The predicted octanol–water partition coefficient (Wildman–Crippen LogP) is 2.93. The van der Waals surface area contributed by atoms with Crippen LogP contribution < -0.4 is 10.5 Å². The Balaban J connectivity index is 2.16. The van der Waals surface area contributed by atoms with Gasteiger partial charge in [0, 0.05) is 29.9 Å². The van der Waals surface area contributed by atoms with Gasteiger partial charge in [0.05, 0.1) is 0 Å². The van der Waals surface area contributed by atoms with Gasteiger partial charge in [0.15, 0.2) is 0 Å². The number of nitrogens with zero attached hydrogens (tertiary/aromatic N) is 1. The van der Waals surface area contributed by atoms with Gasteiger partial charge in [-0.05, 0) is 18.2 Å². The van der Waals surface area contributed by atoms with Crippen molar-refractivity contribution in [2.75, 3.05) is 0 Å². The molecule has 1 aromatic carbocycles. The minimum absolute atomic E-state index is 0.112. The summed E-state index contributed by atoms with van der Waals surface area (Å²) in [6.45, 7) is -2.86. The van der Waals surface area contributed by atoms with Gasteiger partial charge < -0.3 is 10.5 Å². The first kappa shape index (κ1) is 13.4. The van der Waals surface area contributed by atoms with Crippen molar-refractivity contribution in [2.24, 2.45) is 5.73 Å². The monoisotopic (exact) mass is 264 g/mol. The van der Waals surface area contributed by atoms with Crippen LogP contribution in [0.2, 0.25) is 0 Å². The molecule has 0 saturated heterocycles. The second kappa shape index (κ2) is 6.24. The number of pyridine rings is 1. The third-order valence-electron chi connectivity index (χ3n) is 2.69. The molecule has 1 unspecified atom stereocenters. The summed E-state index contributed by atoms with van der Waals surface area (Å²) < 4.78 is 29.1. The molecule has 5 heteroatoms. The van der Waals surface area contributed by atoms with Crippen molar-refractivity contribution in [1.82, 2.24) is 4.98 Å². The van der Waals surface area contributed by atoms with E-state index in [0.29, 0.717) is 12.0 Å². The average molecular weight is 264 g/mol. The molecule has 0 saturated carbocycles. The number of halogens is 2. The van der Waals surface area contributed by atoms with Crippen molar-refractivity contribution in [2.45, 2.75) is 19.1 Å². The lowest BCUT2D eigenvalue weighted by Crippen LogP contribution is -2.16. The molecule has 0 spiro atoms. The summed E-state index contributed by atoms with van der Waals surface area (Å²) in [5.74, 6) is 0.112. The van der Waals surface area contributed by atoms with E-state index in [1.54, 1.807) is 24.4 Å². The van der Waals surface area contributed by atoms with Gasteiger partial charge in [-0.2, -0.15) is 8.78 Å². The summed E-state index contributed by atoms with van der Waals surface area (Å²) in [5, 5.41) is 0. The molecule has 0 radical (unpaired) electrons. The lowest BCUT2D eigenvalue weighted by Gasteiger charge is -2.16. The topological polar surface area (TPSA) is 48.1 Å². The van der Waals surface area contributed by atoms with Gasteiger partial charge in [0.1, 0.15) is 5.75 Å². The van der Waals surface area contributed by atoms with E-state index in [2.05, 4.69) is 9.72 Å². The van der Waals surface area contributed by atoms with Gasteiger partial charge in [0.25, 0.3) is 0 Å². The zero-order chi connectivity index (χ0) is 13.7. The highest BCUT2D eigenvalue weighted by Crippen LogP contribution is 2.26. The summed E-state index contributed by atoms with van der Waals surface area (Å²) in [4.78, 5) is 4.17. The number of hydrogen-bond acceptors (Lipinski definition) is 3. The Bertz CT molecular complexity index is 520. The summed E-state index contributed by atoms with van der Waals surface area (Å²) >= 11 is 0. The molecule has 2 rings (SSSR count). The molecule has 19 heavy (non-hydrogen) atoms. The second-order valence-electron chi connectivity index (χ2n) is 4.05. The van der Waals surface area contributed by atoms with Crippen LogP contribution in [-0.4, -0.2) is 11.6 Å². The maximum atomic E-state index is 12.3. The lowest BCUT2D eigenvalue weighted by molar-refractivity contribution is -0.0506. The molecule has 3 nitrogen and oxygen atoms in total. The van der Waals surface area contributed by atoms with Crippen molar-refractivity contribution in [1.29, 1.82) is 0 Å². The number of ether oxygens (including phenoxy) is 1. The third-order valence-corrected chi connectivity index (χ3v) is 2.69. The van der Waals surface area contributed by atoms with E-state index < -0.39 is 12.7 Å². The van der Waals surface area contributed by atoms with Gasteiger partial charge >= 0.3 is 6.61 Å². The first-order valence-electron chi connectivity index (χ1n) is 5.86. The summed E-state index contributed by atoms with van der Waals surface area (Å²) in [6, 6.07) is 11.6. The first-order chi connectivity index (χ1) is 9.16. The van der Waals surface area contributed by atoms with Crippen LogP contribution in [0.4, 0.5) is 8.78 Å². The number of para-hydroxylation sites is 1. The molecule has 0 aliphatic carbocycles. The minimum atomic E-state index is -2.86. The quantitative estimate of drug-likeness (QED) is 0.903. The molecule has 100 valence electrons. The van der Waals surface area contributed by atoms with Gasteiger partial charge in [-0.15, -0.1) is 0 Å². The van der Waals surface area contributed by atoms with E-state index in [1.165, 1.54) is 6.07 Å². The number of nitrogens with two attached hydrogens (primary N) is 1. The Hall–Kier alpha value is -2.01. The first-order valence-corrected chi connectivity index (χ1v) is 5.86. The Labute approximate surface area is 110 Å². The van der Waals surface area contributed by atoms with Crippen LogP contribution in [0.15, 0.2) is 48.7 Å². The predicted molar refractivity (Wildman–Crippen MR) is 67.9 cm³/mol. The molecular weight excluding hydrogens is 250 g/mol. The maximum absolute atomic E-state index is 12.3. The molecule has 2 aromatic rings. The van der Waals surface area contributed by atoms with Crippen LogP contribution in [0.25, 0.3) is 0 Å². The molecule has 0 bridgehead atoms. The van der Waals surface area contributed by atoms with Crippen LogP contribution >= 0.6 is 0 Å². The molecule has 0 fully saturated rings. The number of rotatable bonds is 5. The number of aromatic nitrogens is 1. The fourth-order valence-electron chi connectivity index (χ4n) is 1.84. The standard InChI is InChI=1S/C14H14F2N2O/c15-14(16)19-13-7-2-1-6-11(13)12(17)9-10-5-3-4-8-18-10/h1-8,12,14H,9,17H2. The van der Waals surface area contributed by atoms with E-state index in [4.69, 9.17) is 5.73 Å². The van der Waals surface area contributed by atoms with E-state index in [0.717, 1.165) is 5.69 Å². The third kappa shape index (κ3) is 3.72. The Morgan fingerprint density at radius 3 is 2.53 bits per heavy atom. The summed E-state index contributed by atoms with van der Waals surface area (Å²) in [5.41, 5.74) is 7.40. The minimum Gasteiger partial charge on any atom is -0.434 e. The van der Waals surface area contributed by atoms with E-state index in [1.807, 2.05) is 18.2 Å². The van der Waals surface area contributed by atoms with Crippen molar-refractivity contribution >= 4 is 0 Å². The van der Waals surface area contributed by atoms with Crippen molar-refractivity contribution < 1.29 is 13.5 Å². The molecule has 1 aromatic heterocycles. The van der Waals surface area contributed by atoms with Crippen molar-refractivity contribution in [3.05, 3.63) is 59.9 Å². The van der Waals surface area contributed by atoms with Crippen LogP contribution in [0.5, 0.6) is 5.75 Å². The van der Waals surface area contributed by atoms with Crippen LogP contribution in [0.1, 0.15) is 17.3 Å². The fraction of sp³-hybridized carbons (Fsp3) is 0.214. The molecule has 0 aliphatic rings. The molecule has 1 heterocycles. The second-order valence-corrected chi connectivity index (χ2v) is 4.05. The SMILES string of the molecule is NC(Cc1ccccn1)c1ccccc1OC(F)F. The zero-order valence-corrected chi connectivity index (χ0v) is 10.2. The molecule has 2 N–H and O–H groups in total. The highest BCUT2D eigenvalue weighted by Gasteiger charge is 2.15. The summed E-state index contributed by atoms with van der Waals surface area (Å²) in [7, 11) is 0. The number of benzene rings is 1. The Morgan fingerprint density at radius 2 is 1.84 bits per heavy atom. The lowest BCUT2D eigenvalue weighted by atomic mass is 10.0. The van der Waals surface area contributed by atoms with Gasteiger partial charge in [-0.1, -0.05) is 24.3 Å².